The summed E-state index contributed by atoms with van der Waals surface area (Å²) < 4.78 is 5.09. The summed E-state index contributed by atoms with van der Waals surface area (Å²) in [6, 6.07) is 7.15. The van der Waals surface area contributed by atoms with E-state index in [0.29, 0.717) is 5.69 Å². The first-order valence-electron chi connectivity index (χ1n) is 4.63. The molecule has 1 aromatic rings. The molecule has 78 valence electrons. The number of benzene rings is 1. The molecule has 15 heavy (non-hydrogen) atoms. The third-order valence-electron chi connectivity index (χ3n) is 2.46. The second-order valence-electron chi connectivity index (χ2n) is 3.37. The van der Waals surface area contributed by atoms with Crippen molar-refractivity contribution in [1.29, 1.82) is 0 Å². The molecule has 1 aliphatic rings. The number of rotatable bonds is 1. The van der Waals surface area contributed by atoms with Gasteiger partial charge in [-0.25, -0.2) is 4.90 Å². The van der Waals surface area contributed by atoms with Gasteiger partial charge in [-0.2, -0.15) is 0 Å². The smallest absolute Gasteiger partial charge is 0.267 e. The summed E-state index contributed by atoms with van der Waals surface area (Å²) in [5, 5.41) is 0. The summed E-state index contributed by atoms with van der Waals surface area (Å²) in [5.74, 6) is -0.599. The first kappa shape index (κ1) is 9.86. The van der Waals surface area contributed by atoms with Crippen LogP contribution in [-0.2, 0) is 14.3 Å². The van der Waals surface area contributed by atoms with E-state index in [9.17, 15) is 9.59 Å². The molecule has 0 radical (unpaired) electrons. The molecule has 1 atom stereocenters. The van der Waals surface area contributed by atoms with E-state index in [1.807, 2.05) is 6.07 Å². The molecule has 0 N–H and O–H groups in total. The molecule has 4 heteroatoms. The summed E-state index contributed by atoms with van der Waals surface area (Å²) in [6.45, 7) is 1.37. The van der Waals surface area contributed by atoms with Crippen LogP contribution in [0.15, 0.2) is 24.3 Å². The van der Waals surface area contributed by atoms with Crippen molar-refractivity contribution in [3.05, 3.63) is 29.8 Å². The molecule has 1 aromatic carbocycles. The average molecular weight is 205 g/mol. The summed E-state index contributed by atoms with van der Waals surface area (Å²) in [7, 11) is 1.46. The van der Waals surface area contributed by atoms with Crippen molar-refractivity contribution in [3.8, 4) is 0 Å². The van der Waals surface area contributed by atoms with E-state index in [4.69, 9.17) is 4.74 Å². The molecule has 0 bridgehead atoms. The maximum atomic E-state index is 11.8. The fourth-order valence-corrected chi connectivity index (χ4v) is 1.83. The van der Waals surface area contributed by atoms with Gasteiger partial charge in [0, 0.05) is 19.6 Å². The Morgan fingerprint density at radius 1 is 1.40 bits per heavy atom. The first-order valence-corrected chi connectivity index (χ1v) is 4.63. The van der Waals surface area contributed by atoms with E-state index >= 15 is 0 Å². The van der Waals surface area contributed by atoms with Crippen molar-refractivity contribution in [1.82, 2.24) is 0 Å². The summed E-state index contributed by atoms with van der Waals surface area (Å²) in [6.07, 6.45) is -0.648. The van der Waals surface area contributed by atoms with Crippen molar-refractivity contribution < 1.29 is 14.3 Å². The SMILES string of the molecule is COC1C(=O)N(C(C)=O)c2ccccc21. The van der Waals surface area contributed by atoms with Crippen molar-refractivity contribution >= 4 is 17.5 Å². The van der Waals surface area contributed by atoms with E-state index in [2.05, 4.69) is 0 Å². The third-order valence-corrected chi connectivity index (χ3v) is 2.46. The van der Waals surface area contributed by atoms with Crippen LogP contribution in [0.1, 0.15) is 18.6 Å². The first-order chi connectivity index (χ1) is 7.16. The number of anilines is 1. The minimum absolute atomic E-state index is 0.285. The van der Waals surface area contributed by atoms with Crippen LogP contribution in [0.5, 0.6) is 0 Å². The maximum absolute atomic E-state index is 11.8. The van der Waals surface area contributed by atoms with Crippen LogP contribution < -0.4 is 4.90 Å². The zero-order valence-electron chi connectivity index (χ0n) is 8.56. The second kappa shape index (κ2) is 3.47. The van der Waals surface area contributed by atoms with Crippen LogP contribution in [0, 0.1) is 0 Å². The average Bonchev–Trinajstić information content (AvgIpc) is 2.49. The van der Waals surface area contributed by atoms with Gasteiger partial charge in [-0.05, 0) is 6.07 Å². The lowest BCUT2D eigenvalue weighted by molar-refractivity contribution is -0.131. The Labute approximate surface area is 87.4 Å². The van der Waals surface area contributed by atoms with Crippen LogP contribution in [0.4, 0.5) is 5.69 Å². The highest BCUT2D eigenvalue weighted by atomic mass is 16.5. The second-order valence-corrected chi connectivity index (χ2v) is 3.37. The van der Waals surface area contributed by atoms with Gasteiger partial charge < -0.3 is 4.74 Å². The molecule has 0 aromatic heterocycles. The molecular formula is C11H11NO3. The molecule has 1 aliphatic heterocycles. The lowest BCUT2D eigenvalue weighted by atomic mass is 10.1. The number of imide groups is 1. The fraction of sp³-hybridized carbons (Fsp3) is 0.273. The lowest BCUT2D eigenvalue weighted by Gasteiger charge is -2.12. The Kier molecular flexibility index (Phi) is 2.28. The van der Waals surface area contributed by atoms with Crippen LogP contribution in [0.25, 0.3) is 0 Å². The van der Waals surface area contributed by atoms with Gasteiger partial charge in [0.25, 0.3) is 5.91 Å². The summed E-state index contributed by atoms with van der Waals surface area (Å²) in [5.41, 5.74) is 1.38. The number of fused-ring (bicyclic) bond motifs is 1. The van der Waals surface area contributed by atoms with Gasteiger partial charge in [0.2, 0.25) is 5.91 Å². The van der Waals surface area contributed by atoms with Crippen molar-refractivity contribution in [3.63, 3.8) is 0 Å². The molecule has 1 heterocycles. The standard InChI is InChI=1S/C11H11NO3/c1-7(13)12-9-6-4-3-5-8(9)10(15-2)11(12)14/h3-6,10H,1-2H3. The molecule has 1 unspecified atom stereocenters. The molecule has 0 spiro atoms. The number of hydrogen-bond donors (Lipinski definition) is 0. The van der Waals surface area contributed by atoms with Gasteiger partial charge in [-0.15, -0.1) is 0 Å². The van der Waals surface area contributed by atoms with Gasteiger partial charge in [0.1, 0.15) is 0 Å². The number of hydrogen-bond acceptors (Lipinski definition) is 3. The number of amides is 2. The van der Waals surface area contributed by atoms with Gasteiger partial charge in [-0.3, -0.25) is 9.59 Å². The van der Waals surface area contributed by atoms with Crippen LogP contribution >= 0.6 is 0 Å². The highest BCUT2D eigenvalue weighted by molar-refractivity contribution is 6.19. The summed E-state index contributed by atoms with van der Waals surface area (Å²) >= 11 is 0. The topological polar surface area (TPSA) is 46.6 Å². The van der Waals surface area contributed by atoms with Gasteiger partial charge >= 0.3 is 0 Å². The monoisotopic (exact) mass is 205 g/mol. The highest BCUT2D eigenvalue weighted by Crippen LogP contribution is 2.37. The molecule has 0 saturated carbocycles. The number of methoxy groups -OCH3 is 1. The minimum Gasteiger partial charge on any atom is -0.367 e. The number of carbonyl (C=O) groups is 2. The quantitative estimate of drug-likeness (QED) is 0.693. The predicted octanol–water partition coefficient (Wildman–Crippen LogP) is 1.27. The molecule has 2 amide bonds. The Bertz CT molecular complexity index is 428. The Hall–Kier alpha value is -1.68. The lowest BCUT2D eigenvalue weighted by Crippen LogP contribution is -2.33. The van der Waals surface area contributed by atoms with Crippen LogP contribution in [0.2, 0.25) is 0 Å². The molecule has 0 fully saturated rings. The summed E-state index contributed by atoms with van der Waals surface area (Å²) in [4.78, 5) is 24.3. The predicted molar refractivity (Wildman–Crippen MR) is 54.4 cm³/mol. The van der Waals surface area contributed by atoms with E-state index in [1.165, 1.54) is 14.0 Å². The van der Waals surface area contributed by atoms with Crippen LogP contribution in [-0.4, -0.2) is 18.9 Å². The van der Waals surface area contributed by atoms with E-state index in [1.54, 1.807) is 18.2 Å². The largest absolute Gasteiger partial charge is 0.367 e. The van der Waals surface area contributed by atoms with Crippen LogP contribution in [0.3, 0.4) is 0 Å². The molecule has 4 nitrogen and oxygen atoms in total. The molecule has 0 aliphatic carbocycles. The number of para-hydroxylation sites is 1. The van der Waals surface area contributed by atoms with Crippen molar-refractivity contribution in [2.24, 2.45) is 0 Å². The third kappa shape index (κ3) is 1.34. The van der Waals surface area contributed by atoms with E-state index in [0.717, 1.165) is 10.5 Å². The fourth-order valence-electron chi connectivity index (χ4n) is 1.83. The highest BCUT2D eigenvalue weighted by Gasteiger charge is 2.39. The van der Waals surface area contributed by atoms with Gasteiger partial charge in [0.05, 0.1) is 5.69 Å². The zero-order valence-corrected chi connectivity index (χ0v) is 8.56. The Balaban J connectivity index is 2.56. The Morgan fingerprint density at radius 2 is 2.07 bits per heavy atom. The van der Waals surface area contributed by atoms with Gasteiger partial charge in [0.15, 0.2) is 6.10 Å². The number of nitrogens with zero attached hydrogens (tertiary/aromatic N) is 1. The number of ether oxygens (including phenoxy) is 1. The molecular weight excluding hydrogens is 194 g/mol. The Morgan fingerprint density at radius 3 is 2.67 bits per heavy atom. The van der Waals surface area contributed by atoms with Crippen molar-refractivity contribution in [2.45, 2.75) is 13.0 Å². The van der Waals surface area contributed by atoms with E-state index in [-0.39, 0.29) is 11.8 Å². The van der Waals surface area contributed by atoms with E-state index < -0.39 is 6.10 Å². The molecule has 0 saturated heterocycles. The minimum atomic E-state index is -0.648. The molecule has 2 rings (SSSR count). The van der Waals surface area contributed by atoms with Gasteiger partial charge in [-0.1, -0.05) is 18.2 Å². The zero-order chi connectivity index (χ0) is 11.0. The van der Waals surface area contributed by atoms with Crippen molar-refractivity contribution in [2.75, 3.05) is 12.0 Å². The number of carbonyl (C=O) groups excluding carboxylic acids is 2. The normalized spacial score (nSPS) is 19.2. The maximum Gasteiger partial charge on any atom is 0.267 e.